The van der Waals surface area contributed by atoms with Crippen molar-refractivity contribution in [2.45, 2.75) is 13.2 Å². The van der Waals surface area contributed by atoms with Crippen molar-refractivity contribution in [1.29, 1.82) is 0 Å². The smallest absolute Gasteiger partial charge is 0.253 e. The molecule has 2 amide bonds. The molecule has 0 aliphatic carbocycles. The highest BCUT2D eigenvalue weighted by Gasteiger charge is 2.09. The van der Waals surface area contributed by atoms with Crippen molar-refractivity contribution >= 4 is 23.2 Å². The zero-order valence-corrected chi connectivity index (χ0v) is 16.5. The molecule has 1 aromatic heterocycles. The van der Waals surface area contributed by atoms with Gasteiger partial charge in [-0.15, -0.1) is 11.3 Å². The van der Waals surface area contributed by atoms with Gasteiger partial charge in [0.1, 0.15) is 12.4 Å². The molecule has 0 fully saturated rings. The van der Waals surface area contributed by atoms with Gasteiger partial charge in [-0.2, -0.15) is 0 Å². The van der Waals surface area contributed by atoms with Gasteiger partial charge in [0.05, 0.1) is 11.2 Å². The van der Waals surface area contributed by atoms with E-state index < -0.39 is 0 Å². The molecule has 7 heteroatoms. The molecule has 0 spiro atoms. The van der Waals surface area contributed by atoms with E-state index in [2.05, 4.69) is 10.3 Å². The maximum absolute atomic E-state index is 12.3. The number of hydrogen-bond donors (Lipinski definition) is 1. The predicted octanol–water partition coefficient (Wildman–Crippen LogP) is 3.35. The summed E-state index contributed by atoms with van der Waals surface area (Å²) in [5.41, 5.74) is 4.74. The van der Waals surface area contributed by atoms with E-state index in [0.29, 0.717) is 30.0 Å². The van der Waals surface area contributed by atoms with Crippen LogP contribution in [-0.2, 0) is 13.2 Å². The Kier molecular flexibility index (Phi) is 6.39. The second kappa shape index (κ2) is 9.14. The molecule has 1 N–H and O–H groups in total. The fraction of sp³-hybridized carbons (Fsp3) is 0.190. The van der Waals surface area contributed by atoms with Crippen LogP contribution in [0, 0.1) is 0 Å². The number of carbonyl (C=O) groups is 2. The summed E-state index contributed by atoms with van der Waals surface area (Å²) < 4.78 is 5.64. The van der Waals surface area contributed by atoms with E-state index in [1.54, 1.807) is 56.0 Å². The Morgan fingerprint density at radius 3 is 2.32 bits per heavy atom. The zero-order valence-electron chi connectivity index (χ0n) is 15.7. The lowest BCUT2D eigenvalue weighted by molar-refractivity contribution is 0.0827. The van der Waals surface area contributed by atoms with Gasteiger partial charge >= 0.3 is 0 Å². The normalized spacial score (nSPS) is 10.4. The minimum absolute atomic E-state index is 0.0485. The molecule has 0 aliphatic heterocycles. The molecule has 1 heterocycles. The average Bonchev–Trinajstić information content (AvgIpc) is 3.24. The predicted molar refractivity (Wildman–Crippen MR) is 109 cm³/mol. The summed E-state index contributed by atoms with van der Waals surface area (Å²) in [5.74, 6) is 0.470. The summed E-state index contributed by atoms with van der Waals surface area (Å²) in [4.78, 5) is 29.9. The van der Waals surface area contributed by atoms with Gasteiger partial charge in [-0.1, -0.05) is 12.1 Å². The highest BCUT2D eigenvalue weighted by Crippen LogP contribution is 2.15. The van der Waals surface area contributed by atoms with Gasteiger partial charge in [0, 0.05) is 37.1 Å². The summed E-state index contributed by atoms with van der Waals surface area (Å²) in [5, 5.41) is 4.81. The van der Waals surface area contributed by atoms with E-state index in [-0.39, 0.29) is 11.8 Å². The lowest BCUT2D eigenvalue weighted by Gasteiger charge is -2.11. The summed E-state index contributed by atoms with van der Waals surface area (Å²) >= 11 is 1.53. The summed E-state index contributed by atoms with van der Waals surface area (Å²) in [7, 11) is 3.43. The molecule has 2 aromatic carbocycles. The van der Waals surface area contributed by atoms with E-state index in [4.69, 9.17) is 4.74 Å². The number of nitrogens with one attached hydrogen (secondary N) is 1. The van der Waals surface area contributed by atoms with Crippen molar-refractivity contribution in [2.75, 3.05) is 14.1 Å². The number of nitrogens with zero attached hydrogens (tertiary/aromatic N) is 2. The van der Waals surface area contributed by atoms with Crippen molar-refractivity contribution < 1.29 is 14.3 Å². The molecule has 6 nitrogen and oxygen atoms in total. The standard InChI is InChI=1S/C21H21N3O3S/c1-24(2)21(26)17-5-3-15(4-6-17)11-22-20(25)16-7-9-19(10-8-16)27-12-18-13-28-14-23-18/h3-10,13-14H,11-12H2,1-2H3,(H,22,25). The van der Waals surface area contributed by atoms with E-state index in [0.717, 1.165) is 11.3 Å². The lowest BCUT2D eigenvalue weighted by atomic mass is 10.1. The number of hydrogen-bond acceptors (Lipinski definition) is 5. The third kappa shape index (κ3) is 5.17. The Morgan fingerprint density at radius 1 is 1.04 bits per heavy atom. The number of thiazole rings is 1. The van der Waals surface area contributed by atoms with Crippen LogP contribution in [0.3, 0.4) is 0 Å². The first-order valence-electron chi connectivity index (χ1n) is 8.71. The molecule has 0 bridgehead atoms. The first-order valence-corrected chi connectivity index (χ1v) is 9.66. The second-order valence-corrected chi connectivity index (χ2v) is 7.09. The second-order valence-electron chi connectivity index (χ2n) is 6.37. The Morgan fingerprint density at radius 2 is 1.71 bits per heavy atom. The fourth-order valence-electron chi connectivity index (χ4n) is 2.48. The van der Waals surface area contributed by atoms with Crippen LogP contribution in [0.1, 0.15) is 32.0 Å². The van der Waals surface area contributed by atoms with Crippen molar-refractivity contribution in [3.8, 4) is 5.75 Å². The van der Waals surface area contributed by atoms with Crippen LogP contribution in [0.15, 0.2) is 59.4 Å². The number of rotatable bonds is 7. The van der Waals surface area contributed by atoms with Crippen LogP contribution in [-0.4, -0.2) is 35.8 Å². The highest BCUT2D eigenvalue weighted by molar-refractivity contribution is 7.07. The number of aromatic nitrogens is 1. The molecule has 0 unspecified atom stereocenters. The van der Waals surface area contributed by atoms with E-state index in [1.165, 1.54) is 16.2 Å². The van der Waals surface area contributed by atoms with Crippen LogP contribution < -0.4 is 10.1 Å². The number of carbonyl (C=O) groups excluding carboxylic acids is 2. The highest BCUT2D eigenvalue weighted by atomic mass is 32.1. The Labute approximate surface area is 167 Å². The largest absolute Gasteiger partial charge is 0.487 e. The Hall–Kier alpha value is -3.19. The van der Waals surface area contributed by atoms with Crippen molar-refractivity contribution in [2.24, 2.45) is 0 Å². The molecular weight excluding hydrogens is 374 g/mol. The van der Waals surface area contributed by atoms with Gasteiger partial charge in [-0.25, -0.2) is 4.98 Å². The van der Waals surface area contributed by atoms with E-state index >= 15 is 0 Å². The summed E-state index contributed by atoms with van der Waals surface area (Å²) in [6.07, 6.45) is 0. The van der Waals surface area contributed by atoms with Gasteiger partial charge in [-0.05, 0) is 42.0 Å². The maximum Gasteiger partial charge on any atom is 0.253 e. The van der Waals surface area contributed by atoms with Gasteiger partial charge in [0.25, 0.3) is 11.8 Å². The van der Waals surface area contributed by atoms with Gasteiger partial charge in [-0.3, -0.25) is 9.59 Å². The molecule has 28 heavy (non-hydrogen) atoms. The van der Waals surface area contributed by atoms with Crippen LogP contribution in [0.25, 0.3) is 0 Å². The first-order chi connectivity index (χ1) is 13.5. The van der Waals surface area contributed by atoms with Crippen molar-refractivity contribution in [3.05, 3.63) is 81.8 Å². The van der Waals surface area contributed by atoms with Gasteiger partial charge in [0.15, 0.2) is 0 Å². The molecule has 0 atom stereocenters. The topological polar surface area (TPSA) is 71.5 Å². The minimum Gasteiger partial charge on any atom is -0.487 e. The van der Waals surface area contributed by atoms with Crippen LogP contribution in [0.5, 0.6) is 5.75 Å². The Bertz CT molecular complexity index is 921. The molecule has 0 saturated carbocycles. The molecule has 144 valence electrons. The SMILES string of the molecule is CN(C)C(=O)c1ccc(CNC(=O)c2ccc(OCc3cscn3)cc2)cc1. The van der Waals surface area contributed by atoms with Crippen LogP contribution >= 0.6 is 11.3 Å². The number of ether oxygens (including phenoxy) is 1. The molecule has 0 radical (unpaired) electrons. The van der Waals surface area contributed by atoms with Gasteiger partial charge < -0.3 is 15.0 Å². The average molecular weight is 395 g/mol. The first kappa shape index (κ1) is 19.6. The summed E-state index contributed by atoms with van der Waals surface area (Å²) in [6, 6.07) is 14.2. The fourth-order valence-corrected chi connectivity index (χ4v) is 3.02. The quantitative estimate of drug-likeness (QED) is 0.666. The molecule has 3 rings (SSSR count). The Balaban J connectivity index is 1.51. The maximum atomic E-state index is 12.3. The van der Waals surface area contributed by atoms with Crippen molar-refractivity contribution in [3.63, 3.8) is 0 Å². The molecular formula is C21H21N3O3S. The number of benzene rings is 2. The number of amides is 2. The monoisotopic (exact) mass is 395 g/mol. The third-order valence-corrected chi connectivity index (χ3v) is 4.68. The molecule has 3 aromatic rings. The van der Waals surface area contributed by atoms with Crippen LogP contribution in [0.2, 0.25) is 0 Å². The third-order valence-electron chi connectivity index (χ3n) is 4.05. The lowest BCUT2D eigenvalue weighted by Crippen LogP contribution is -2.23. The van der Waals surface area contributed by atoms with Crippen LogP contribution in [0.4, 0.5) is 0 Å². The van der Waals surface area contributed by atoms with Crippen molar-refractivity contribution in [1.82, 2.24) is 15.2 Å². The van der Waals surface area contributed by atoms with E-state index in [9.17, 15) is 9.59 Å². The zero-order chi connectivity index (χ0) is 19.9. The van der Waals surface area contributed by atoms with E-state index in [1.807, 2.05) is 17.5 Å². The summed E-state index contributed by atoms with van der Waals surface area (Å²) in [6.45, 7) is 0.790. The minimum atomic E-state index is -0.167. The molecule has 0 saturated heterocycles. The van der Waals surface area contributed by atoms with Gasteiger partial charge in [0.2, 0.25) is 0 Å². The molecule has 0 aliphatic rings.